The van der Waals surface area contributed by atoms with Gasteiger partial charge in [-0.1, -0.05) is 12.1 Å². The van der Waals surface area contributed by atoms with E-state index in [-0.39, 0.29) is 17.3 Å². The minimum Gasteiger partial charge on any atom is -0.351 e. The molecule has 19 heavy (non-hydrogen) atoms. The van der Waals surface area contributed by atoms with E-state index in [1.807, 2.05) is 20.8 Å². The number of amides is 1. The van der Waals surface area contributed by atoms with Gasteiger partial charge in [-0.05, 0) is 45.4 Å². The second kappa shape index (κ2) is 4.33. The number of carbonyl (C=O) groups is 1. The molecule has 102 valence electrons. The molecular weight excluding hydrogens is 245 g/mol. The number of guanidine groups is 1. The molecule has 1 atom stereocenters. The Morgan fingerprint density at radius 1 is 1.26 bits per heavy atom. The monoisotopic (exact) mass is 263 g/mol. The summed E-state index contributed by atoms with van der Waals surface area (Å²) < 4.78 is 12.9. The fourth-order valence-corrected chi connectivity index (χ4v) is 1.92. The molecule has 0 bridgehead atoms. The van der Waals surface area contributed by atoms with Crippen LogP contribution in [-0.2, 0) is 10.3 Å². The fraction of sp³-hybridized carbons (Fsp3) is 0.429. The topological polar surface area (TPSA) is 53.5 Å². The molecule has 1 aliphatic rings. The summed E-state index contributed by atoms with van der Waals surface area (Å²) in [5.74, 6) is -0.0991. The Balaban J connectivity index is 2.32. The Morgan fingerprint density at radius 3 is 2.37 bits per heavy atom. The van der Waals surface area contributed by atoms with Gasteiger partial charge in [0.15, 0.2) is 11.5 Å². The molecule has 0 fully saturated rings. The quantitative estimate of drug-likeness (QED) is 0.813. The molecule has 1 aromatic rings. The summed E-state index contributed by atoms with van der Waals surface area (Å²) in [6, 6.07) is 5.83. The number of aliphatic imine (C=N–C) groups is 1. The van der Waals surface area contributed by atoms with Crippen LogP contribution in [0.2, 0.25) is 0 Å². The largest absolute Gasteiger partial charge is 0.351 e. The van der Waals surface area contributed by atoms with Crippen LogP contribution in [0.1, 0.15) is 33.3 Å². The lowest BCUT2D eigenvalue weighted by molar-refractivity contribution is -0.123. The molecule has 2 N–H and O–H groups in total. The fourth-order valence-electron chi connectivity index (χ4n) is 1.92. The van der Waals surface area contributed by atoms with Gasteiger partial charge in [-0.3, -0.25) is 10.1 Å². The van der Waals surface area contributed by atoms with Gasteiger partial charge in [0.2, 0.25) is 0 Å². The maximum atomic E-state index is 12.9. The third kappa shape index (κ3) is 2.75. The van der Waals surface area contributed by atoms with Crippen molar-refractivity contribution in [3.8, 4) is 0 Å². The minimum atomic E-state index is -1.01. The molecule has 1 heterocycles. The van der Waals surface area contributed by atoms with E-state index in [1.54, 1.807) is 19.1 Å². The summed E-state index contributed by atoms with van der Waals surface area (Å²) in [4.78, 5) is 16.5. The number of hydrogen-bond acceptors (Lipinski definition) is 3. The zero-order valence-electron chi connectivity index (χ0n) is 11.5. The summed E-state index contributed by atoms with van der Waals surface area (Å²) in [5.41, 5.74) is -0.543. The van der Waals surface area contributed by atoms with E-state index in [2.05, 4.69) is 15.6 Å². The van der Waals surface area contributed by atoms with E-state index in [4.69, 9.17) is 0 Å². The molecule has 1 unspecified atom stereocenters. The Hall–Kier alpha value is -1.91. The van der Waals surface area contributed by atoms with Gasteiger partial charge in [-0.25, -0.2) is 9.38 Å². The van der Waals surface area contributed by atoms with Gasteiger partial charge in [0.1, 0.15) is 5.82 Å². The van der Waals surface area contributed by atoms with Crippen LogP contribution in [-0.4, -0.2) is 17.4 Å². The molecule has 1 amide bonds. The molecule has 0 spiro atoms. The van der Waals surface area contributed by atoms with Crippen molar-refractivity contribution < 1.29 is 9.18 Å². The van der Waals surface area contributed by atoms with Crippen molar-refractivity contribution in [2.45, 2.75) is 38.8 Å². The maximum Gasteiger partial charge on any atom is 0.259 e. The minimum absolute atomic E-state index is 0.194. The highest BCUT2D eigenvalue weighted by molar-refractivity contribution is 6.07. The van der Waals surface area contributed by atoms with Crippen molar-refractivity contribution >= 4 is 11.9 Å². The first-order valence-electron chi connectivity index (χ1n) is 6.16. The normalized spacial score (nSPS) is 23.0. The molecule has 4 nitrogen and oxygen atoms in total. The smallest absolute Gasteiger partial charge is 0.259 e. The van der Waals surface area contributed by atoms with E-state index in [1.165, 1.54) is 12.1 Å². The van der Waals surface area contributed by atoms with Gasteiger partial charge in [0, 0.05) is 5.54 Å². The average molecular weight is 263 g/mol. The lowest BCUT2D eigenvalue weighted by atomic mass is 9.93. The number of nitrogens with zero attached hydrogens (tertiary/aromatic N) is 1. The number of benzene rings is 1. The van der Waals surface area contributed by atoms with E-state index in [0.717, 1.165) is 0 Å². The predicted molar refractivity (Wildman–Crippen MR) is 72.2 cm³/mol. The third-order valence-corrected chi connectivity index (χ3v) is 2.91. The van der Waals surface area contributed by atoms with Gasteiger partial charge >= 0.3 is 0 Å². The van der Waals surface area contributed by atoms with Crippen LogP contribution in [0.3, 0.4) is 0 Å². The number of hydrogen-bond donors (Lipinski definition) is 2. The van der Waals surface area contributed by atoms with Crippen molar-refractivity contribution in [1.29, 1.82) is 0 Å². The van der Waals surface area contributed by atoms with Crippen LogP contribution < -0.4 is 10.6 Å². The lowest BCUT2D eigenvalue weighted by Gasteiger charge is -2.21. The highest BCUT2D eigenvalue weighted by Gasteiger charge is 2.41. The van der Waals surface area contributed by atoms with Crippen molar-refractivity contribution in [3.63, 3.8) is 0 Å². The molecule has 1 aromatic carbocycles. The zero-order valence-corrected chi connectivity index (χ0v) is 11.5. The number of rotatable bonds is 1. The lowest BCUT2D eigenvalue weighted by Crippen LogP contribution is -2.47. The Labute approximate surface area is 112 Å². The first kappa shape index (κ1) is 13.5. The van der Waals surface area contributed by atoms with Crippen molar-refractivity contribution in [2.75, 3.05) is 0 Å². The third-order valence-electron chi connectivity index (χ3n) is 2.91. The Morgan fingerprint density at radius 2 is 1.84 bits per heavy atom. The standard InChI is InChI=1S/C14H18FN3O/c1-13(2,3)17-12-16-11(19)14(4,18-12)9-5-7-10(15)8-6-9/h5-8H,1-4H3,(H2,16,17,18,19). The van der Waals surface area contributed by atoms with E-state index in [9.17, 15) is 9.18 Å². The van der Waals surface area contributed by atoms with Crippen LogP contribution in [0.5, 0.6) is 0 Å². The summed E-state index contributed by atoms with van der Waals surface area (Å²) in [6.45, 7) is 7.66. The van der Waals surface area contributed by atoms with Crippen LogP contribution in [0.25, 0.3) is 0 Å². The van der Waals surface area contributed by atoms with Gasteiger partial charge in [0.25, 0.3) is 5.91 Å². The Kier molecular flexibility index (Phi) is 3.08. The number of carbonyl (C=O) groups excluding carboxylic acids is 1. The maximum absolute atomic E-state index is 12.9. The molecule has 0 saturated carbocycles. The van der Waals surface area contributed by atoms with Crippen LogP contribution in [0.15, 0.2) is 29.3 Å². The molecule has 0 aliphatic carbocycles. The summed E-state index contributed by atoms with van der Waals surface area (Å²) in [7, 11) is 0. The summed E-state index contributed by atoms with van der Waals surface area (Å²) in [6.07, 6.45) is 0. The van der Waals surface area contributed by atoms with E-state index < -0.39 is 5.54 Å². The number of halogens is 1. The predicted octanol–water partition coefficient (Wildman–Crippen LogP) is 1.91. The summed E-state index contributed by atoms with van der Waals surface area (Å²) in [5, 5.41) is 5.85. The van der Waals surface area contributed by atoms with Crippen molar-refractivity contribution in [1.82, 2.24) is 10.6 Å². The van der Waals surface area contributed by atoms with E-state index in [0.29, 0.717) is 11.5 Å². The number of nitrogens with one attached hydrogen (secondary N) is 2. The first-order valence-corrected chi connectivity index (χ1v) is 6.16. The van der Waals surface area contributed by atoms with Gasteiger partial charge in [-0.15, -0.1) is 0 Å². The van der Waals surface area contributed by atoms with Crippen LogP contribution in [0.4, 0.5) is 4.39 Å². The molecule has 1 aliphatic heterocycles. The molecular formula is C14H18FN3O. The van der Waals surface area contributed by atoms with E-state index >= 15 is 0 Å². The molecule has 0 aromatic heterocycles. The second-order valence-corrected chi connectivity index (χ2v) is 5.87. The molecule has 0 radical (unpaired) electrons. The molecule has 0 saturated heterocycles. The van der Waals surface area contributed by atoms with Crippen molar-refractivity contribution in [3.05, 3.63) is 35.6 Å². The first-order chi connectivity index (χ1) is 8.71. The van der Waals surface area contributed by atoms with Gasteiger partial charge in [0.05, 0.1) is 0 Å². The Bertz CT molecular complexity index is 531. The SMILES string of the molecule is CC(C)(C)NC1=NC(C)(c2ccc(F)cc2)C(=O)N1. The van der Waals surface area contributed by atoms with Gasteiger partial charge in [-0.2, -0.15) is 0 Å². The summed E-state index contributed by atoms with van der Waals surface area (Å²) >= 11 is 0. The highest BCUT2D eigenvalue weighted by Crippen LogP contribution is 2.29. The zero-order chi connectivity index (χ0) is 14.3. The van der Waals surface area contributed by atoms with Crippen LogP contribution in [0, 0.1) is 5.82 Å². The second-order valence-electron chi connectivity index (χ2n) is 5.87. The highest BCUT2D eigenvalue weighted by atomic mass is 19.1. The van der Waals surface area contributed by atoms with Crippen LogP contribution >= 0.6 is 0 Å². The molecule has 5 heteroatoms. The van der Waals surface area contributed by atoms with Crippen molar-refractivity contribution in [2.24, 2.45) is 4.99 Å². The molecule has 2 rings (SSSR count). The average Bonchev–Trinajstić information content (AvgIpc) is 2.53. The van der Waals surface area contributed by atoms with Gasteiger partial charge < -0.3 is 5.32 Å².